The predicted molar refractivity (Wildman–Crippen MR) is 55.7 cm³/mol. The van der Waals surface area contributed by atoms with Gasteiger partial charge in [-0.25, -0.2) is 0 Å². The van der Waals surface area contributed by atoms with Gasteiger partial charge < -0.3 is 14.4 Å². The van der Waals surface area contributed by atoms with E-state index in [1.165, 1.54) is 20.8 Å². The summed E-state index contributed by atoms with van der Waals surface area (Å²) in [6.45, 7) is 4.08. The fraction of sp³-hybridized carbons (Fsp3) is 0.900. The molecule has 1 atom stereocenters. The molecular weight excluding hydrogens is 286 g/mol. The van der Waals surface area contributed by atoms with Crippen molar-refractivity contribution in [1.82, 2.24) is 0 Å². The monoisotopic (exact) mass is 302 g/mol. The van der Waals surface area contributed by atoms with Crippen molar-refractivity contribution in [2.24, 2.45) is 11.3 Å². The number of hydrogen-bond acceptors (Lipinski definition) is 4. The Hall–Kier alpha value is 0.805. The summed E-state index contributed by atoms with van der Waals surface area (Å²) in [6.07, 6.45) is -6.72. The van der Waals surface area contributed by atoms with Gasteiger partial charge in [0.2, 0.25) is 0 Å². The van der Waals surface area contributed by atoms with Gasteiger partial charge in [0.1, 0.15) is 11.7 Å². The quantitative estimate of drug-likeness (QED) is 0.379. The van der Waals surface area contributed by atoms with Crippen LogP contribution < -0.4 is 47.5 Å². The number of alkyl halides is 3. The molecule has 0 spiro atoms. The minimum atomic E-state index is -4.82. The van der Waals surface area contributed by atoms with Crippen LogP contribution in [0.25, 0.3) is 0 Å². The van der Waals surface area contributed by atoms with Crippen LogP contribution in [0.15, 0.2) is 0 Å². The summed E-state index contributed by atoms with van der Waals surface area (Å²) < 4.78 is 48.4. The Balaban J connectivity index is -0.00000144. The van der Waals surface area contributed by atoms with Crippen LogP contribution in [0.4, 0.5) is 13.2 Å². The van der Waals surface area contributed by atoms with E-state index in [-0.39, 0.29) is 37.7 Å². The average molecular weight is 302 g/mol. The molecule has 0 fully saturated rings. The largest absolute Gasteiger partial charge is 1.00 e. The van der Waals surface area contributed by atoms with Crippen molar-refractivity contribution in [3.8, 4) is 0 Å². The van der Waals surface area contributed by atoms with Crippen LogP contribution in [-0.2, 0) is 9.36 Å². The smallest absolute Gasteiger partial charge is 0.811 e. The molecule has 0 heterocycles. The number of carbonyl (C=O) groups excluding carboxylic acids is 1. The van der Waals surface area contributed by atoms with Gasteiger partial charge in [-0.05, 0) is 19.0 Å². The Morgan fingerprint density at radius 2 is 1.55 bits per heavy atom. The molecule has 20 heavy (non-hydrogen) atoms. The normalized spacial score (nSPS) is 14.0. The maximum absolute atomic E-state index is 12.7. The number of rotatable bonds is 5. The third-order valence-corrected chi connectivity index (χ3v) is 3.24. The Bertz CT molecular complexity index is 349. The number of halogens is 3. The molecule has 0 rings (SSSR count). The van der Waals surface area contributed by atoms with Crippen LogP contribution in [0.2, 0.25) is 0 Å². The first-order valence-corrected chi connectivity index (χ1v) is 7.10. The van der Waals surface area contributed by atoms with Gasteiger partial charge in [-0.15, -0.1) is 0 Å². The van der Waals surface area contributed by atoms with E-state index in [4.69, 9.17) is 0 Å². The van der Waals surface area contributed by atoms with Crippen LogP contribution in [0, 0.1) is 11.3 Å². The second kappa shape index (κ2) is 9.06. The van der Waals surface area contributed by atoms with E-state index >= 15 is 0 Å². The van der Waals surface area contributed by atoms with Crippen molar-refractivity contribution in [2.45, 2.75) is 39.8 Å². The van der Waals surface area contributed by atoms with E-state index in [2.05, 4.69) is 0 Å². The van der Waals surface area contributed by atoms with E-state index < -0.39 is 49.9 Å². The molecule has 1 unspecified atom stereocenters. The zero-order valence-electron chi connectivity index (χ0n) is 12.4. The molecule has 10 heteroatoms. The third-order valence-electron chi connectivity index (χ3n) is 2.38. The summed E-state index contributed by atoms with van der Waals surface area (Å²) in [5.41, 5.74) is -1.17. The van der Waals surface area contributed by atoms with Crippen molar-refractivity contribution in [3.05, 3.63) is 0 Å². The number of ketones is 1. The molecular formula is C10H16F3Li2O4P. The van der Waals surface area contributed by atoms with E-state index in [0.717, 1.165) is 0 Å². The number of Topliss-reactive ketones (excluding diaryl/α,β-unsaturated/α-hetero) is 1. The molecule has 4 nitrogen and oxygen atoms in total. The molecule has 0 radical (unpaired) electrons. The molecule has 0 saturated carbocycles. The molecule has 0 bridgehead atoms. The molecule has 0 aromatic carbocycles. The van der Waals surface area contributed by atoms with Gasteiger partial charge in [-0.2, -0.15) is 13.2 Å². The van der Waals surface area contributed by atoms with Gasteiger partial charge in [-0.3, -0.25) is 4.79 Å². The van der Waals surface area contributed by atoms with E-state index in [9.17, 15) is 32.3 Å². The van der Waals surface area contributed by atoms with Crippen LogP contribution in [0.5, 0.6) is 0 Å². The summed E-state index contributed by atoms with van der Waals surface area (Å²) in [5.74, 6) is -3.22. The Morgan fingerprint density at radius 1 is 1.15 bits per heavy atom. The molecule has 0 aliphatic heterocycles. The Labute approximate surface area is 140 Å². The van der Waals surface area contributed by atoms with Crippen LogP contribution >= 0.6 is 7.60 Å². The SMILES string of the molecule is CC(C)(C)C(=O)C(CCCP(=O)([O-])[O-])C(F)(F)F.[Li+].[Li+]. The number of hydrogen-bond donors (Lipinski definition) is 0. The minimum Gasteiger partial charge on any atom is -0.811 e. The summed E-state index contributed by atoms with van der Waals surface area (Å²) in [5, 5.41) is 0. The Kier molecular flexibility index (Phi) is 11.7. The zero-order valence-corrected chi connectivity index (χ0v) is 13.3. The van der Waals surface area contributed by atoms with Crippen molar-refractivity contribution in [1.29, 1.82) is 0 Å². The maximum Gasteiger partial charge on any atom is 1.00 e. The summed E-state index contributed by atoms with van der Waals surface area (Å²) in [4.78, 5) is 32.3. The fourth-order valence-electron chi connectivity index (χ4n) is 1.46. The summed E-state index contributed by atoms with van der Waals surface area (Å²) in [7, 11) is -4.82. The zero-order chi connectivity index (χ0) is 14.8. The van der Waals surface area contributed by atoms with Crippen LogP contribution in [-0.4, -0.2) is 18.1 Å². The predicted octanol–water partition coefficient (Wildman–Crippen LogP) is -4.52. The second-order valence-corrected chi connectivity index (χ2v) is 6.85. The van der Waals surface area contributed by atoms with E-state index in [1.807, 2.05) is 0 Å². The van der Waals surface area contributed by atoms with Crippen molar-refractivity contribution in [2.75, 3.05) is 6.16 Å². The molecule has 0 aromatic heterocycles. The minimum absolute atomic E-state index is 0. The van der Waals surface area contributed by atoms with Crippen molar-refractivity contribution < 1.29 is 70.0 Å². The average Bonchev–Trinajstić information content (AvgIpc) is 2.05. The van der Waals surface area contributed by atoms with Gasteiger partial charge >= 0.3 is 43.9 Å². The van der Waals surface area contributed by atoms with Gasteiger partial charge in [-0.1, -0.05) is 28.4 Å². The first-order chi connectivity index (χ1) is 7.75. The molecule has 0 aliphatic rings. The Morgan fingerprint density at radius 3 is 1.80 bits per heavy atom. The molecule has 108 valence electrons. The first-order valence-electron chi connectivity index (χ1n) is 5.37. The fourth-order valence-corrected chi connectivity index (χ4v) is 2.03. The van der Waals surface area contributed by atoms with Crippen molar-refractivity contribution in [3.63, 3.8) is 0 Å². The standard InChI is InChI=1S/C10H18F3O4P.2Li/c1-9(2,3)8(14)7(10(11,12)13)5-4-6-18(15,16)17;;/h7H,4-6H2,1-3H3,(H2,15,16,17);;/q;2*+1/p-2. The first kappa shape index (κ1) is 25.7. The molecule has 0 aromatic rings. The number of carbonyl (C=O) groups is 1. The van der Waals surface area contributed by atoms with E-state index in [1.54, 1.807) is 0 Å². The van der Waals surface area contributed by atoms with Gasteiger partial charge in [0.15, 0.2) is 0 Å². The molecule has 0 saturated heterocycles. The van der Waals surface area contributed by atoms with Crippen molar-refractivity contribution >= 4 is 13.4 Å². The topological polar surface area (TPSA) is 80.3 Å². The third kappa shape index (κ3) is 10.5. The summed E-state index contributed by atoms with van der Waals surface area (Å²) >= 11 is 0. The van der Waals surface area contributed by atoms with Gasteiger partial charge in [0, 0.05) is 5.41 Å². The van der Waals surface area contributed by atoms with Gasteiger partial charge in [0.05, 0.1) is 0 Å². The second-order valence-electron chi connectivity index (χ2n) is 5.19. The van der Waals surface area contributed by atoms with Crippen LogP contribution in [0.3, 0.4) is 0 Å². The summed E-state index contributed by atoms with van der Waals surface area (Å²) in [6, 6.07) is 0. The molecule has 0 amide bonds. The van der Waals surface area contributed by atoms with Gasteiger partial charge in [0.25, 0.3) is 0 Å². The maximum atomic E-state index is 12.7. The van der Waals surface area contributed by atoms with Crippen LogP contribution in [0.1, 0.15) is 33.6 Å². The molecule has 0 N–H and O–H groups in total. The van der Waals surface area contributed by atoms with E-state index in [0.29, 0.717) is 0 Å². The molecule has 0 aliphatic carbocycles.